The van der Waals surface area contributed by atoms with E-state index in [-0.39, 0.29) is 22.6 Å². The van der Waals surface area contributed by atoms with Crippen molar-refractivity contribution in [2.45, 2.75) is 19.9 Å². The molecule has 0 N–H and O–H groups in total. The van der Waals surface area contributed by atoms with Crippen molar-refractivity contribution in [3.05, 3.63) is 89.6 Å². The Morgan fingerprint density at radius 3 is 2.57 bits per heavy atom. The Morgan fingerprint density at radius 2 is 1.91 bits per heavy atom. The van der Waals surface area contributed by atoms with Crippen LogP contribution in [-0.2, 0) is 14.3 Å². The molecule has 0 fully saturated rings. The maximum atomic E-state index is 13.6. The number of hydrogen-bond donors (Lipinski definition) is 0. The number of aromatic nitrogens is 1. The topological polar surface area (TPSA) is 96.2 Å². The molecule has 3 aromatic rings. The molecular formula is C25H21ClN2O6S. The van der Waals surface area contributed by atoms with E-state index in [9.17, 15) is 14.4 Å². The lowest BCUT2D eigenvalue weighted by atomic mass is 9.95. The average molecular weight is 513 g/mol. The molecule has 2 heterocycles. The van der Waals surface area contributed by atoms with Crippen LogP contribution in [-0.4, -0.2) is 30.7 Å². The van der Waals surface area contributed by atoms with Gasteiger partial charge in [0.2, 0.25) is 0 Å². The van der Waals surface area contributed by atoms with Crippen LogP contribution in [0.5, 0.6) is 11.5 Å². The third-order valence-electron chi connectivity index (χ3n) is 5.33. The summed E-state index contributed by atoms with van der Waals surface area (Å²) in [5, 5.41) is 0.549. The molecule has 0 spiro atoms. The molecule has 2 aromatic carbocycles. The van der Waals surface area contributed by atoms with E-state index in [0.29, 0.717) is 25.6 Å². The van der Waals surface area contributed by atoms with Crippen LogP contribution in [0.15, 0.2) is 63.5 Å². The number of ether oxygens (including phenoxy) is 3. The molecule has 10 heteroatoms. The van der Waals surface area contributed by atoms with Crippen molar-refractivity contribution in [3.8, 4) is 11.5 Å². The number of allylic oxidation sites excluding steroid dienone is 1. The number of carbonyl (C=O) groups excluding carboxylic acids is 2. The van der Waals surface area contributed by atoms with Crippen molar-refractivity contribution >= 4 is 41.0 Å². The summed E-state index contributed by atoms with van der Waals surface area (Å²) in [6.07, 6.45) is 1.73. The average Bonchev–Trinajstić information content (AvgIpc) is 3.12. The van der Waals surface area contributed by atoms with Crippen LogP contribution < -0.4 is 24.4 Å². The Labute approximate surface area is 209 Å². The van der Waals surface area contributed by atoms with E-state index < -0.39 is 18.0 Å². The van der Waals surface area contributed by atoms with E-state index in [0.717, 1.165) is 5.56 Å². The second-order valence-electron chi connectivity index (χ2n) is 7.63. The van der Waals surface area contributed by atoms with Gasteiger partial charge in [-0.25, -0.2) is 9.79 Å². The van der Waals surface area contributed by atoms with Crippen LogP contribution >= 0.6 is 22.9 Å². The van der Waals surface area contributed by atoms with Gasteiger partial charge >= 0.3 is 11.9 Å². The summed E-state index contributed by atoms with van der Waals surface area (Å²) in [6.45, 7) is 2.98. The highest BCUT2D eigenvalue weighted by atomic mass is 35.5. The van der Waals surface area contributed by atoms with Crippen molar-refractivity contribution < 1.29 is 23.8 Å². The molecule has 0 amide bonds. The number of esters is 2. The summed E-state index contributed by atoms with van der Waals surface area (Å²) >= 11 is 7.30. The second kappa shape index (κ2) is 9.89. The van der Waals surface area contributed by atoms with E-state index in [2.05, 4.69) is 4.99 Å². The van der Waals surface area contributed by atoms with Crippen LogP contribution in [0.3, 0.4) is 0 Å². The summed E-state index contributed by atoms with van der Waals surface area (Å²) in [5.74, 6) is -0.616. The first-order valence-corrected chi connectivity index (χ1v) is 11.7. The van der Waals surface area contributed by atoms with Gasteiger partial charge in [-0.05, 0) is 48.4 Å². The highest BCUT2D eigenvalue weighted by Crippen LogP contribution is 2.36. The van der Waals surface area contributed by atoms with Crippen LogP contribution in [0, 0.1) is 0 Å². The third-order valence-corrected chi connectivity index (χ3v) is 6.55. The predicted molar refractivity (Wildman–Crippen MR) is 132 cm³/mol. The van der Waals surface area contributed by atoms with Gasteiger partial charge < -0.3 is 14.2 Å². The summed E-state index contributed by atoms with van der Waals surface area (Å²) in [4.78, 5) is 42.8. The smallest absolute Gasteiger partial charge is 0.338 e. The maximum Gasteiger partial charge on any atom is 0.338 e. The molecule has 35 heavy (non-hydrogen) atoms. The SMILES string of the molecule is COC(=O)C1=C(C)N=c2s/c(=C/c3cccc(Cl)c3)c(=O)n2C1c1ccc(OC(C)=O)c(OC)c1. The van der Waals surface area contributed by atoms with Crippen molar-refractivity contribution in [3.63, 3.8) is 0 Å². The lowest BCUT2D eigenvalue weighted by Gasteiger charge is -2.25. The maximum absolute atomic E-state index is 13.6. The van der Waals surface area contributed by atoms with Gasteiger partial charge in [0.1, 0.15) is 0 Å². The lowest BCUT2D eigenvalue weighted by Crippen LogP contribution is -2.39. The van der Waals surface area contributed by atoms with Crippen LogP contribution in [0.2, 0.25) is 5.02 Å². The molecule has 0 saturated carbocycles. The first kappa shape index (κ1) is 24.4. The quantitative estimate of drug-likeness (QED) is 0.385. The minimum atomic E-state index is -0.833. The predicted octanol–water partition coefficient (Wildman–Crippen LogP) is 3.00. The van der Waals surface area contributed by atoms with Crippen molar-refractivity contribution in [1.82, 2.24) is 4.57 Å². The number of methoxy groups -OCH3 is 2. The van der Waals surface area contributed by atoms with Gasteiger partial charge in [-0.1, -0.05) is 41.1 Å². The Morgan fingerprint density at radius 1 is 1.14 bits per heavy atom. The fourth-order valence-corrected chi connectivity index (χ4v) is 5.09. The molecule has 1 aliphatic rings. The zero-order valence-electron chi connectivity index (χ0n) is 19.3. The van der Waals surface area contributed by atoms with Crippen LogP contribution in [0.25, 0.3) is 6.08 Å². The van der Waals surface area contributed by atoms with E-state index in [1.807, 2.05) is 6.07 Å². The van der Waals surface area contributed by atoms with Gasteiger partial charge in [-0.3, -0.25) is 14.2 Å². The van der Waals surface area contributed by atoms with Gasteiger partial charge in [0.05, 0.1) is 36.1 Å². The first-order chi connectivity index (χ1) is 16.7. The number of rotatable bonds is 5. The van der Waals surface area contributed by atoms with E-state index in [4.69, 9.17) is 25.8 Å². The lowest BCUT2D eigenvalue weighted by molar-refractivity contribution is -0.136. The number of fused-ring (bicyclic) bond motifs is 1. The summed E-state index contributed by atoms with van der Waals surface area (Å²) in [6, 6.07) is 11.2. The van der Waals surface area contributed by atoms with Gasteiger partial charge in [0, 0.05) is 11.9 Å². The van der Waals surface area contributed by atoms with E-state index in [1.54, 1.807) is 49.4 Å². The number of halogens is 1. The van der Waals surface area contributed by atoms with Crippen molar-refractivity contribution in [2.24, 2.45) is 4.99 Å². The minimum Gasteiger partial charge on any atom is -0.493 e. The van der Waals surface area contributed by atoms with E-state index >= 15 is 0 Å². The molecule has 0 radical (unpaired) electrons. The van der Waals surface area contributed by atoms with Gasteiger partial charge in [-0.2, -0.15) is 0 Å². The molecule has 1 aliphatic heterocycles. The minimum absolute atomic E-state index is 0.219. The Bertz CT molecular complexity index is 1550. The van der Waals surface area contributed by atoms with Crippen molar-refractivity contribution in [2.75, 3.05) is 14.2 Å². The normalized spacial score (nSPS) is 15.3. The standard InChI is InChI=1S/C25H21ClN2O6S/c1-13-21(24(31)33-4)22(16-8-9-18(34-14(2)29)19(12-16)32-3)28-23(30)20(35-25(28)27-13)11-15-6-5-7-17(26)10-15/h5-12,22H,1-4H3/b20-11+. The third kappa shape index (κ3) is 4.78. The fourth-order valence-electron chi connectivity index (χ4n) is 3.85. The molecule has 0 bridgehead atoms. The van der Waals surface area contributed by atoms with Crippen molar-refractivity contribution in [1.29, 1.82) is 0 Å². The number of thiazole rings is 1. The molecule has 0 aliphatic carbocycles. The molecular weight excluding hydrogens is 492 g/mol. The Kier molecular flexibility index (Phi) is 6.90. The molecule has 0 saturated heterocycles. The summed E-state index contributed by atoms with van der Waals surface area (Å²) < 4.78 is 17.5. The van der Waals surface area contributed by atoms with Crippen LogP contribution in [0.1, 0.15) is 31.0 Å². The summed E-state index contributed by atoms with van der Waals surface area (Å²) in [7, 11) is 2.71. The fraction of sp³-hybridized carbons (Fsp3) is 0.200. The van der Waals surface area contributed by atoms with E-state index in [1.165, 1.54) is 37.0 Å². The second-order valence-corrected chi connectivity index (χ2v) is 9.08. The summed E-state index contributed by atoms with van der Waals surface area (Å²) in [5.41, 5.74) is 1.64. The molecule has 180 valence electrons. The zero-order chi connectivity index (χ0) is 25.3. The number of hydrogen-bond acceptors (Lipinski definition) is 8. The molecule has 8 nitrogen and oxygen atoms in total. The van der Waals surface area contributed by atoms with Gasteiger partial charge in [0.15, 0.2) is 16.3 Å². The number of nitrogens with zero attached hydrogens (tertiary/aromatic N) is 2. The molecule has 4 rings (SSSR count). The Hall–Kier alpha value is -3.69. The Balaban J connectivity index is 1.96. The molecule has 1 aromatic heterocycles. The number of carbonyl (C=O) groups is 2. The van der Waals surface area contributed by atoms with Gasteiger partial charge in [-0.15, -0.1) is 0 Å². The van der Waals surface area contributed by atoms with Gasteiger partial charge in [0.25, 0.3) is 5.56 Å². The largest absolute Gasteiger partial charge is 0.493 e. The first-order valence-electron chi connectivity index (χ1n) is 10.5. The highest BCUT2D eigenvalue weighted by molar-refractivity contribution is 7.07. The molecule has 1 atom stereocenters. The van der Waals surface area contributed by atoms with Crippen LogP contribution in [0.4, 0.5) is 0 Å². The zero-order valence-corrected chi connectivity index (χ0v) is 20.9. The highest BCUT2D eigenvalue weighted by Gasteiger charge is 2.33. The number of benzene rings is 2. The monoisotopic (exact) mass is 512 g/mol. The molecule has 1 unspecified atom stereocenters.